The summed E-state index contributed by atoms with van der Waals surface area (Å²) in [7, 11) is 0. The maximum Gasteiger partial charge on any atom is 0.182 e. The van der Waals surface area contributed by atoms with E-state index in [1.165, 1.54) is 0 Å². The standard InChI is InChI=1S/C23H23N5O/c1-17-20-21(18-8-4-2-5-9-18)22(19-10-6-3-7-11-19)24-25-23(20)28(26-17)16-27-12-14-29-15-13-27/h2-11H,12-16H2,1H3. The van der Waals surface area contributed by atoms with Gasteiger partial charge in [-0.25, -0.2) is 4.68 Å². The third-order valence-corrected chi connectivity index (χ3v) is 5.38. The zero-order chi connectivity index (χ0) is 19.6. The monoisotopic (exact) mass is 385 g/mol. The Hall–Kier alpha value is -3.09. The maximum absolute atomic E-state index is 5.47. The zero-order valence-electron chi connectivity index (χ0n) is 16.5. The van der Waals surface area contributed by atoms with Gasteiger partial charge in [0, 0.05) is 24.2 Å². The molecule has 1 fully saturated rings. The van der Waals surface area contributed by atoms with E-state index < -0.39 is 0 Å². The number of aromatic nitrogens is 4. The molecule has 5 rings (SSSR count). The summed E-state index contributed by atoms with van der Waals surface area (Å²) in [6.07, 6.45) is 0. The molecule has 6 nitrogen and oxygen atoms in total. The van der Waals surface area contributed by atoms with E-state index in [0.29, 0.717) is 6.67 Å². The third-order valence-electron chi connectivity index (χ3n) is 5.38. The van der Waals surface area contributed by atoms with Crippen molar-refractivity contribution in [2.75, 3.05) is 26.3 Å². The van der Waals surface area contributed by atoms with Crippen molar-refractivity contribution >= 4 is 11.0 Å². The number of rotatable bonds is 4. The first-order valence-corrected chi connectivity index (χ1v) is 9.96. The Morgan fingerprint density at radius 3 is 2.21 bits per heavy atom. The van der Waals surface area contributed by atoms with E-state index in [1.54, 1.807) is 0 Å². The molecule has 3 heterocycles. The van der Waals surface area contributed by atoms with Crippen LogP contribution in [0.4, 0.5) is 0 Å². The molecular formula is C23H23N5O. The van der Waals surface area contributed by atoms with Gasteiger partial charge in [0.15, 0.2) is 5.65 Å². The van der Waals surface area contributed by atoms with Gasteiger partial charge >= 0.3 is 0 Å². The lowest BCUT2D eigenvalue weighted by Gasteiger charge is -2.26. The van der Waals surface area contributed by atoms with Crippen LogP contribution in [0.2, 0.25) is 0 Å². The Kier molecular flexibility index (Phi) is 4.79. The maximum atomic E-state index is 5.47. The lowest BCUT2D eigenvalue weighted by atomic mass is 9.96. The van der Waals surface area contributed by atoms with Crippen molar-refractivity contribution in [3.63, 3.8) is 0 Å². The summed E-state index contributed by atoms with van der Waals surface area (Å²) >= 11 is 0. The summed E-state index contributed by atoms with van der Waals surface area (Å²) < 4.78 is 7.45. The van der Waals surface area contributed by atoms with Crippen molar-refractivity contribution in [3.8, 4) is 22.4 Å². The zero-order valence-corrected chi connectivity index (χ0v) is 16.5. The Morgan fingerprint density at radius 1 is 0.862 bits per heavy atom. The molecule has 4 aromatic rings. The van der Waals surface area contributed by atoms with Crippen LogP contribution in [0.25, 0.3) is 33.4 Å². The van der Waals surface area contributed by atoms with E-state index in [1.807, 2.05) is 28.9 Å². The third kappa shape index (κ3) is 3.41. The Labute approximate surface area is 169 Å². The van der Waals surface area contributed by atoms with Gasteiger partial charge in [-0.1, -0.05) is 60.7 Å². The highest BCUT2D eigenvalue weighted by molar-refractivity contribution is 6.01. The summed E-state index contributed by atoms with van der Waals surface area (Å²) in [5, 5.41) is 15.2. The van der Waals surface area contributed by atoms with Gasteiger partial charge in [0.25, 0.3) is 0 Å². The van der Waals surface area contributed by atoms with Crippen LogP contribution < -0.4 is 0 Å². The average Bonchev–Trinajstić information content (AvgIpc) is 3.10. The Morgan fingerprint density at radius 2 is 1.52 bits per heavy atom. The van der Waals surface area contributed by atoms with Crippen molar-refractivity contribution in [2.24, 2.45) is 0 Å². The smallest absolute Gasteiger partial charge is 0.182 e. The van der Waals surface area contributed by atoms with E-state index in [0.717, 1.165) is 65.4 Å². The number of aryl methyl sites for hydroxylation is 1. The Balaban J connectivity index is 1.70. The molecule has 146 valence electrons. The average molecular weight is 385 g/mol. The van der Waals surface area contributed by atoms with E-state index in [4.69, 9.17) is 9.84 Å². The number of hydrogen-bond acceptors (Lipinski definition) is 5. The number of fused-ring (bicyclic) bond motifs is 1. The van der Waals surface area contributed by atoms with Gasteiger partial charge in [0.05, 0.1) is 31.0 Å². The van der Waals surface area contributed by atoms with Crippen LogP contribution in [-0.4, -0.2) is 51.2 Å². The SMILES string of the molecule is Cc1nn(CN2CCOCC2)c2nnc(-c3ccccc3)c(-c3ccccc3)c12. The van der Waals surface area contributed by atoms with E-state index in [-0.39, 0.29) is 0 Å². The predicted molar refractivity (Wildman–Crippen MR) is 113 cm³/mol. The fraction of sp³-hybridized carbons (Fsp3) is 0.261. The number of benzene rings is 2. The largest absolute Gasteiger partial charge is 0.379 e. The fourth-order valence-electron chi connectivity index (χ4n) is 3.94. The quantitative estimate of drug-likeness (QED) is 0.535. The van der Waals surface area contributed by atoms with Gasteiger partial charge in [-0.05, 0) is 12.5 Å². The first-order valence-electron chi connectivity index (χ1n) is 9.96. The van der Waals surface area contributed by atoms with E-state index in [2.05, 4.69) is 58.4 Å². The summed E-state index contributed by atoms with van der Waals surface area (Å²) in [6.45, 7) is 6.08. The topological polar surface area (TPSA) is 56.1 Å². The first-order chi connectivity index (χ1) is 14.3. The molecule has 0 radical (unpaired) electrons. The van der Waals surface area contributed by atoms with Gasteiger partial charge in [0.2, 0.25) is 0 Å². The van der Waals surface area contributed by atoms with Gasteiger partial charge < -0.3 is 4.74 Å². The van der Waals surface area contributed by atoms with Gasteiger partial charge in [-0.2, -0.15) is 5.10 Å². The normalized spacial score (nSPS) is 15.1. The molecule has 2 aromatic carbocycles. The van der Waals surface area contributed by atoms with Crippen LogP contribution in [0.1, 0.15) is 5.69 Å². The second-order valence-corrected chi connectivity index (χ2v) is 7.31. The number of morpholine rings is 1. The van der Waals surface area contributed by atoms with Crippen LogP contribution in [0.3, 0.4) is 0 Å². The summed E-state index contributed by atoms with van der Waals surface area (Å²) in [4.78, 5) is 2.34. The summed E-state index contributed by atoms with van der Waals surface area (Å²) in [5.74, 6) is 0. The molecule has 0 bridgehead atoms. The second kappa shape index (κ2) is 7.73. The molecule has 0 aliphatic carbocycles. The highest BCUT2D eigenvalue weighted by atomic mass is 16.5. The minimum Gasteiger partial charge on any atom is -0.379 e. The molecule has 2 aromatic heterocycles. The molecule has 1 saturated heterocycles. The highest BCUT2D eigenvalue weighted by Gasteiger charge is 2.21. The molecule has 0 unspecified atom stereocenters. The van der Waals surface area contributed by atoms with Gasteiger partial charge in [0.1, 0.15) is 5.69 Å². The van der Waals surface area contributed by atoms with Crippen molar-refractivity contribution in [3.05, 3.63) is 66.4 Å². The lowest BCUT2D eigenvalue weighted by molar-refractivity contribution is 0.0219. The van der Waals surface area contributed by atoms with Crippen molar-refractivity contribution in [2.45, 2.75) is 13.6 Å². The van der Waals surface area contributed by atoms with E-state index in [9.17, 15) is 0 Å². The molecule has 1 aliphatic rings. The number of nitrogens with zero attached hydrogens (tertiary/aromatic N) is 5. The molecule has 0 amide bonds. The van der Waals surface area contributed by atoms with Crippen molar-refractivity contribution < 1.29 is 4.74 Å². The van der Waals surface area contributed by atoms with Crippen LogP contribution >= 0.6 is 0 Å². The molecule has 6 heteroatoms. The summed E-state index contributed by atoms with van der Waals surface area (Å²) in [5.41, 5.74) is 5.96. The van der Waals surface area contributed by atoms with E-state index >= 15 is 0 Å². The van der Waals surface area contributed by atoms with Crippen molar-refractivity contribution in [1.82, 2.24) is 24.9 Å². The van der Waals surface area contributed by atoms with Crippen LogP contribution in [0.15, 0.2) is 60.7 Å². The van der Waals surface area contributed by atoms with Crippen LogP contribution in [0.5, 0.6) is 0 Å². The van der Waals surface area contributed by atoms with Crippen LogP contribution in [-0.2, 0) is 11.4 Å². The minimum absolute atomic E-state index is 0.696. The van der Waals surface area contributed by atoms with Gasteiger partial charge in [-0.15, -0.1) is 10.2 Å². The molecular weight excluding hydrogens is 362 g/mol. The molecule has 0 saturated carbocycles. The Bertz CT molecular complexity index is 1120. The summed E-state index contributed by atoms with van der Waals surface area (Å²) in [6, 6.07) is 20.6. The molecule has 1 aliphatic heterocycles. The number of hydrogen-bond donors (Lipinski definition) is 0. The fourth-order valence-corrected chi connectivity index (χ4v) is 3.94. The predicted octanol–water partition coefficient (Wildman–Crippen LogP) is 3.76. The molecule has 0 N–H and O–H groups in total. The molecule has 29 heavy (non-hydrogen) atoms. The number of ether oxygens (including phenoxy) is 1. The minimum atomic E-state index is 0.696. The lowest BCUT2D eigenvalue weighted by Crippen LogP contribution is -2.37. The first kappa shape index (κ1) is 18.0. The molecule has 0 atom stereocenters. The second-order valence-electron chi connectivity index (χ2n) is 7.31. The van der Waals surface area contributed by atoms with Gasteiger partial charge in [-0.3, -0.25) is 4.90 Å². The molecule has 0 spiro atoms. The highest BCUT2D eigenvalue weighted by Crippen LogP contribution is 2.37. The van der Waals surface area contributed by atoms with Crippen molar-refractivity contribution in [1.29, 1.82) is 0 Å². The van der Waals surface area contributed by atoms with Crippen LogP contribution in [0, 0.1) is 6.92 Å².